The lowest BCUT2D eigenvalue weighted by Crippen LogP contribution is -2.36. The van der Waals surface area contributed by atoms with Gasteiger partial charge in [0.2, 0.25) is 10.0 Å². The number of benzene rings is 1. The smallest absolute Gasteiger partial charge is 0.244 e. The fraction of sp³-hybridized carbons (Fsp3) is 0.632. The molecule has 0 amide bonds. The fourth-order valence-electron chi connectivity index (χ4n) is 3.17. The summed E-state index contributed by atoms with van der Waals surface area (Å²) in [5.74, 6) is 0.822. The van der Waals surface area contributed by atoms with E-state index in [0.29, 0.717) is 31.2 Å². The molecule has 1 saturated heterocycles. The molecule has 27 heavy (non-hydrogen) atoms. The third kappa shape index (κ3) is 6.01. The number of hydrogen-bond acceptors (Lipinski definition) is 6. The van der Waals surface area contributed by atoms with Gasteiger partial charge >= 0.3 is 0 Å². The number of sulfonamides is 1. The number of ether oxygens (including phenoxy) is 1. The van der Waals surface area contributed by atoms with Crippen LogP contribution < -0.4 is 14.8 Å². The highest BCUT2D eigenvalue weighted by Gasteiger charge is 2.28. The summed E-state index contributed by atoms with van der Waals surface area (Å²) in [6.45, 7) is 6.11. The number of nitrogens with one attached hydrogen (secondary N) is 2. The summed E-state index contributed by atoms with van der Waals surface area (Å²) >= 11 is 0. The van der Waals surface area contributed by atoms with Crippen LogP contribution in [0.4, 0.5) is 5.69 Å². The molecule has 0 radical (unpaired) electrons. The highest BCUT2D eigenvalue weighted by molar-refractivity contribution is 7.89. The van der Waals surface area contributed by atoms with Gasteiger partial charge in [0.25, 0.3) is 0 Å². The molecule has 0 aromatic heterocycles. The maximum Gasteiger partial charge on any atom is 0.244 e. The minimum atomic E-state index is -3.74. The summed E-state index contributed by atoms with van der Waals surface area (Å²) in [7, 11) is -2.28. The average molecular weight is 395 g/mol. The van der Waals surface area contributed by atoms with Gasteiger partial charge in [0.05, 0.1) is 7.11 Å². The van der Waals surface area contributed by atoms with Crippen LogP contribution in [0.3, 0.4) is 0 Å². The number of anilines is 1. The van der Waals surface area contributed by atoms with Crippen LogP contribution in [-0.4, -0.2) is 46.1 Å². The number of likely N-dealkylation sites (tertiary alicyclic amines) is 1. The van der Waals surface area contributed by atoms with Crippen molar-refractivity contribution in [2.24, 2.45) is 5.92 Å². The maximum atomic E-state index is 12.9. The van der Waals surface area contributed by atoms with Crippen molar-refractivity contribution in [1.82, 2.24) is 9.62 Å². The van der Waals surface area contributed by atoms with Crippen molar-refractivity contribution < 1.29 is 13.2 Å². The van der Waals surface area contributed by atoms with Gasteiger partial charge in [0, 0.05) is 31.4 Å². The summed E-state index contributed by atoms with van der Waals surface area (Å²) < 4.78 is 33.7. The van der Waals surface area contributed by atoms with Gasteiger partial charge < -0.3 is 15.0 Å². The topological polar surface area (TPSA) is 94.5 Å². The molecule has 1 aliphatic heterocycles. The van der Waals surface area contributed by atoms with E-state index in [2.05, 4.69) is 30.1 Å². The third-order valence-corrected chi connectivity index (χ3v) is 6.35. The van der Waals surface area contributed by atoms with Gasteiger partial charge in [-0.3, -0.25) is 0 Å². The van der Waals surface area contributed by atoms with Crippen LogP contribution in [0.25, 0.3) is 0 Å². The second kappa shape index (κ2) is 9.81. The number of nitrogens with zero attached hydrogens (tertiary/aromatic N) is 2. The monoisotopic (exact) mass is 394 g/mol. The zero-order chi connectivity index (χ0) is 19.9. The molecule has 0 aliphatic carbocycles. The molecule has 7 nitrogen and oxygen atoms in total. The van der Waals surface area contributed by atoms with E-state index >= 15 is 0 Å². The van der Waals surface area contributed by atoms with Crippen LogP contribution in [-0.2, 0) is 10.0 Å². The lowest BCUT2D eigenvalue weighted by atomic mass is 10.0. The number of unbranched alkanes of at least 4 members (excludes halogenated alkanes) is 1. The maximum absolute atomic E-state index is 12.9. The largest absolute Gasteiger partial charge is 0.495 e. The molecular formula is C19H30N4O3S. The van der Waals surface area contributed by atoms with Crippen molar-refractivity contribution in [3.63, 3.8) is 0 Å². The number of rotatable bonds is 10. The first kappa shape index (κ1) is 21.3. The Morgan fingerprint density at radius 3 is 2.85 bits per heavy atom. The molecule has 1 heterocycles. The van der Waals surface area contributed by atoms with Gasteiger partial charge in [0.15, 0.2) is 6.19 Å². The molecule has 2 atom stereocenters. The van der Waals surface area contributed by atoms with Gasteiger partial charge in [-0.15, -0.1) is 0 Å². The molecule has 1 aromatic carbocycles. The van der Waals surface area contributed by atoms with E-state index in [4.69, 9.17) is 10.00 Å². The second-order valence-electron chi connectivity index (χ2n) is 7.15. The van der Waals surface area contributed by atoms with Crippen molar-refractivity contribution in [3.8, 4) is 11.9 Å². The Morgan fingerprint density at radius 2 is 2.22 bits per heavy atom. The van der Waals surface area contributed by atoms with Crippen molar-refractivity contribution in [3.05, 3.63) is 18.2 Å². The van der Waals surface area contributed by atoms with E-state index in [-0.39, 0.29) is 10.9 Å². The van der Waals surface area contributed by atoms with Gasteiger partial charge in [-0.2, -0.15) is 5.26 Å². The Kier molecular flexibility index (Phi) is 7.75. The van der Waals surface area contributed by atoms with Gasteiger partial charge in [0.1, 0.15) is 10.6 Å². The van der Waals surface area contributed by atoms with E-state index < -0.39 is 10.0 Å². The summed E-state index contributed by atoms with van der Waals surface area (Å²) in [5, 5.41) is 12.3. The van der Waals surface area contributed by atoms with Crippen LogP contribution in [0.2, 0.25) is 0 Å². The Balaban J connectivity index is 2.10. The molecular weight excluding hydrogens is 364 g/mol. The first-order valence-electron chi connectivity index (χ1n) is 9.48. The van der Waals surface area contributed by atoms with E-state index in [1.54, 1.807) is 17.0 Å². The lowest BCUT2D eigenvalue weighted by molar-refractivity contribution is 0.402. The van der Waals surface area contributed by atoms with Crippen LogP contribution in [0.15, 0.2) is 23.1 Å². The Hall–Kier alpha value is -1.98. The molecule has 0 bridgehead atoms. The SMILES string of the molecule is CCCCC(C)CNc1ccc(OC)c(S(=O)(=O)N[C@@H]2CCN(C#N)C2)c1. The van der Waals surface area contributed by atoms with Crippen molar-refractivity contribution in [2.75, 3.05) is 32.1 Å². The first-order chi connectivity index (χ1) is 12.9. The lowest BCUT2D eigenvalue weighted by Gasteiger charge is -2.17. The van der Waals surface area contributed by atoms with Crippen LogP contribution >= 0.6 is 0 Å². The second-order valence-corrected chi connectivity index (χ2v) is 8.83. The van der Waals surface area contributed by atoms with Crippen LogP contribution in [0.1, 0.15) is 39.5 Å². The van der Waals surface area contributed by atoms with Gasteiger partial charge in [-0.1, -0.05) is 26.7 Å². The normalized spacial score (nSPS) is 18.1. The Bertz CT molecular complexity index is 761. The van der Waals surface area contributed by atoms with Crippen molar-refractivity contribution >= 4 is 15.7 Å². The standard InChI is InChI=1S/C19H30N4O3S/c1-4-5-6-15(2)12-21-16-7-8-18(26-3)19(11-16)27(24,25)22-17-9-10-23(13-17)14-20/h7-8,11,15,17,21-22H,4-6,9-10,12-13H2,1-3H3/t15?,17-/m1/s1. The van der Waals surface area contributed by atoms with Crippen molar-refractivity contribution in [1.29, 1.82) is 5.26 Å². The molecule has 1 unspecified atom stereocenters. The first-order valence-corrected chi connectivity index (χ1v) is 11.0. The predicted molar refractivity (Wildman–Crippen MR) is 106 cm³/mol. The van der Waals surface area contributed by atoms with E-state index in [1.807, 2.05) is 6.07 Å². The fourth-order valence-corrected chi connectivity index (χ4v) is 4.63. The summed E-state index contributed by atoms with van der Waals surface area (Å²) in [4.78, 5) is 1.67. The minimum Gasteiger partial charge on any atom is -0.495 e. The summed E-state index contributed by atoms with van der Waals surface area (Å²) in [6.07, 6.45) is 6.17. The quantitative estimate of drug-likeness (QED) is 0.593. The molecule has 0 spiro atoms. The third-order valence-electron chi connectivity index (χ3n) is 4.81. The summed E-state index contributed by atoms with van der Waals surface area (Å²) in [5.41, 5.74) is 0.754. The summed E-state index contributed by atoms with van der Waals surface area (Å²) in [6, 6.07) is 4.84. The molecule has 2 rings (SSSR count). The Labute approximate surface area is 162 Å². The molecule has 2 N–H and O–H groups in total. The van der Waals surface area contributed by atoms with Crippen molar-refractivity contribution in [2.45, 2.75) is 50.5 Å². The number of hydrogen-bond donors (Lipinski definition) is 2. The zero-order valence-corrected chi connectivity index (χ0v) is 17.2. The highest BCUT2D eigenvalue weighted by Crippen LogP contribution is 2.28. The van der Waals surface area contributed by atoms with E-state index in [1.165, 1.54) is 20.0 Å². The number of nitriles is 1. The minimum absolute atomic E-state index is 0.117. The molecule has 1 aromatic rings. The van der Waals surface area contributed by atoms with Gasteiger partial charge in [-0.05, 0) is 37.0 Å². The predicted octanol–water partition coefficient (Wildman–Crippen LogP) is 2.77. The molecule has 8 heteroatoms. The molecule has 150 valence electrons. The molecule has 0 saturated carbocycles. The van der Waals surface area contributed by atoms with E-state index in [0.717, 1.165) is 18.7 Å². The molecule has 1 aliphatic rings. The highest BCUT2D eigenvalue weighted by atomic mass is 32.2. The molecule has 1 fully saturated rings. The average Bonchev–Trinajstić information content (AvgIpc) is 3.11. The zero-order valence-electron chi connectivity index (χ0n) is 16.4. The van der Waals surface area contributed by atoms with E-state index in [9.17, 15) is 8.42 Å². The van der Waals surface area contributed by atoms with Gasteiger partial charge in [-0.25, -0.2) is 13.1 Å². The van der Waals surface area contributed by atoms with Crippen LogP contribution in [0.5, 0.6) is 5.75 Å². The van der Waals surface area contributed by atoms with Crippen LogP contribution in [0, 0.1) is 17.4 Å². The number of methoxy groups -OCH3 is 1. The Morgan fingerprint density at radius 1 is 1.44 bits per heavy atom.